The first-order valence-electron chi connectivity index (χ1n) is 6.26. The van der Waals surface area contributed by atoms with E-state index in [2.05, 4.69) is 0 Å². The van der Waals surface area contributed by atoms with Crippen LogP contribution in [-0.4, -0.2) is 41.1 Å². The fourth-order valence-corrected chi connectivity index (χ4v) is 3.28. The second-order valence-corrected chi connectivity index (χ2v) is 5.83. The second-order valence-electron chi connectivity index (χ2n) is 4.51. The molecule has 0 aliphatic carbocycles. The van der Waals surface area contributed by atoms with Crippen LogP contribution in [0.5, 0.6) is 0 Å². The highest BCUT2D eigenvalue weighted by molar-refractivity contribution is 7.98. The Hall–Kier alpha value is -1.47. The molecule has 0 spiro atoms. The van der Waals surface area contributed by atoms with E-state index >= 15 is 0 Å². The Bertz CT molecular complexity index is 553. The summed E-state index contributed by atoms with van der Waals surface area (Å²) in [5.41, 5.74) is -0.167. The van der Waals surface area contributed by atoms with Crippen molar-refractivity contribution in [2.45, 2.75) is 19.4 Å². The summed E-state index contributed by atoms with van der Waals surface area (Å²) in [4.78, 5) is 23.4. The van der Waals surface area contributed by atoms with Gasteiger partial charge in [-0.3, -0.25) is 10.1 Å². The van der Waals surface area contributed by atoms with Crippen molar-refractivity contribution in [3.63, 3.8) is 0 Å². The molecule has 0 radical (unpaired) electrons. The lowest BCUT2D eigenvalue weighted by atomic mass is 10.1. The van der Waals surface area contributed by atoms with E-state index in [1.807, 2.05) is 13.2 Å². The molecule has 21 heavy (non-hydrogen) atoms. The SMILES string of the molecule is CCC(CSC)N(C)c1c(Cl)cc([N+](=O)[O-])cc1C(=O)O. The van der Waals surface area contributed by atoms with Crippen LogP contribution >= 0.6 is 23.4 Å². The summed E-state index contributed by atoms with van der Waals surface area (Å²) in [5.74, 6) is -0.430. The summed E-state index contributed by atoms with van der Waals surface area (Å²) in [6, 6.07) is 2.33. The van der Waals surface area contributed by atoms with Crippen LogP contribution in [0.4, 0.5) is 11.4 Å². The van der Waals surface area contributed by atoms with Crippen LogP contribution in [0, 0.1) is 10.1 Å². The third-order valence-corrected chi connectivity index (χ3v) is 4.23. The lowest BCUT2D eigenvalue weighted by molar-refractivity contribution is -0.384. The number of nitro groups is 1. The van der Waals surface area contributed by atoms with Crippen LogP contribution in [0.15, 0.2) is 12.1 Å². The maximum absolute atomic E-state index is 11.4. The summed E-state index contributed by atoms with van der Waals surface area (Å²) >= 11 is 7.75. The van der Waals surface area contributed by atoms with Crippen LogP contribution in [0.25, 0.3) is 0 Å². The monoisotopic (exact) mass is 332 g/mol. The number of halogens is 1. The number of anilines is 1. The minimum Gasteiger partial charge on any atom is -0.478 e. The van der Waals surface area contributed by atoms with Crippen LogP contribution in [-0.2, 0) is 0 Å². The summed E-state index contributed by atoms with van der Waals surface area (Å²) < 4.78 is 0. The van der Waals surface area contributed by atoms with E-state index < -0.39 is 10.9 Å². The minimum atomic E-state index is -1.23. The molecule has 0 fully saturated rings. The number of hydrogen-bond acceptors (Lipinski definition) is 5. The fourth-order valence-electron chi connectivity index (χ4n) is 2.09. The molecule has 0 aromatic heterocycles. The quantitative estimate of drug-likeness (QED) is 0.607. The van der Waals surface area contributed by atoms with E-state index in [1.54, 1.807) is 23.7 Å². The van der Waals surface area contributed by atoms with Gasteiger partial charge in [-0.25, -0.2) is 4.79 Å². The molecule has 0 heterocycles. The van der Waals surface area contributed by atoms with E-state index in [1.165, 1.54) is 6.07 Å². The van der Waals surface area contributed by atoms with E-state index in [0.717, 1.165) is 18.2 Å². The number of aromatic carboxylic acids is 1. The third kappa shape index (κ3) is 4.01. The first-order chi connectivity index (χ1) is 9.83. The van der Waals surface area contributed by atoms with Crippen LogP contribution in [0.1, 0.15) is 23.7 Å². The van der Waals surface area contributed by atoms with Gasteiger partial charge in [0.05, 0.1) is 21.2 Å². The minimum absolute atomic E-state index is 0.0728. The van der Waals surface area contributed by atoms with Gasteiger partial charge in [-0.05, 0) is 12.7 Å². The average Bonchev–Trinajstić information content (AvgIpc) is 2.42. The summed E-state index contributed by atoms with van der Waals surface area (Å²) in [6.07, 6.45) is 2.77. The molecule has 1 N–H and O–H groups in total. The zero-order chi connectivity index (χ0) is 16.2. The highest BCUT2D eigenvalue weighted by Crippen LogP contribution is 2.35. The normalized spacial score (nSPS) is 12.0. The molecule has 1 aromatic rings. The number of benzene rings is 1. The predicted octanol–water partition coefficient (Wildman–Crippen LogP) is 3.52. The Morgan fingerprint density at radius 3 is 2.62 bits per heavy atom. The number of carbonyl (C=O) groups is 1. The Morgan fingerprint density at radius 1 is 1.57 bits per heavy atom. The van der Waals surface area contributed by atoms with Gasteiger partial charge in [0.25, 0.3) is 5.69 Å². The van der Waals surface area contributed by atoms with Crippen LogP contribution in [0.3, 0.4) is 0 Å². The predicted molar refractivity (Wildman–Crippen MR) is 85.9 cm³/mol. The number of non-ortho nitro benzene ring substituents is 1. The van der Waals surface area contributed by atoms with E-state index in [-0.39, 0.29) is 22.3 Å². The Balaban J connectivity index is 3.40. The molecular weight excluding hydrogens is 316 g/mol. The molecule has 8 heteroatoms. The molecule has 1 unspecified atom stereocenters. The van der Waals surface area contributed by atoms with E-state index in [9.17, 15) is 20.0 Å². The third-order valence-electron chi connectivity index (χ3n) is 3.22. The van der Waals surface area contributed by atoms with Crippen molar-refractivity contribution < 1.29 is 14.8 Å². The molecule has 1 atom stereocenters. The molecule has 1 rings (SSSR count). The first-order valence-corrected chi connectivity index (χ1v) is 8.03. The van der Waals surface area contributed by atoms with Gasteiger partial charge in [0.2, 0.25) is 0 Å². The van der Waals surface area contributed by atoms with Crippen LogP contribution in [0.2, 0.25) is 5.02 Å². The van der Waals surface area contributed by atoms with Gasteiger partial charge in [-0.15, -0.1) is 0 Å². The van der Waals surface area contributed by atoms with Gasteiger partial charge in [0, 0.05) is 31.0 Å². The molecule has 6 nitrogen and oxygen atoms in total. The van der Waals surface area contributed by atoms with Crippen molar-refractivity contribution in [2.24, 2.45) is 0 Å². The van der Waals surface area contributed by atoms with Gasteiger partial charge in [0.1, 0.15) is 0 Å². The largest absolute Gasteiger partial charge is 0.478 e. The van der Waals surface area contributed by atoms with Gasteiger partial charge in [0.15, 0.2) is 0 Å². The molecule has 0 aliphatic rings. The lowest BCUT2D eigenvalue weighted by Crippen LogP contribution is -2.34. The molecule has 116 valence electrons. The second kappa shape index (κ2) is 7.51. The highest BCUT2D eigenvalue weighted by Gasteiger charge is 2.25. The number of rotatable bonds is 7. The van der Waals surface area contributed by atoms with E-state index in [4.69, 9.17) is 11.6 Å². The standard InChI is InChI=1S/C13H17ClN2O4S/c1-4-8(7-21-3)15(2)12-10(13(17)18)5-9(16(19)20)6-11(12)14/h5-6,8H,4,7H2,1-3H3,(H,17,18). The summed E-state index contributed by atoms with van der Waals surface area (Å²) in [7, 11) is 1.75. The molecular formula is C13H17ClN2O4S. The summed E-state index contributed by atoms with van der Waals surface area (Å²) in [5, 5.41) is 20.2. The van der Waals surface area contributed by atoms with Gasteiger partial charge < -0.3 is 10.0 Å². The van der Waals surface area contributed by atoms with Crippen molar-refractivity contribution in [3.05, 3.63) is 32.8 Å². The molecule has 0 aliphatic heterocycles. The molecule has 0 saturated carbocycles. The van der Waals surface area contributed by atoms with Gasteiger partial charge >= 0.3 is 5.97 Å². The van der Waals surface area contributed by atoms with Crippen LogP contribution < -0.4 is 4.90 Å². The topological polar surface area (TPSA) is 83.7 Å². The maximum atomic E-state index is 11.4. The van der Waals surface area contributed by atoms with Crippen molar-refractivity contribution in [1.29, 1.82) is 0 Å². The Morgan fingerprint density at radius 2 is 2.19 bits per heavy atom. The average molecular weight is 333 g/mol. The number of carboxylic acid groups (broad SMARTS) is 1. The Kier molecular flexibility index (Phi) is 6.29. The number of thioether (sulfide) groups is 1. The van der Waals surface area contributed by atoms with Crippen molar-refractivity contribution in [1.82, 2.24) is 0 Å². The molecule has 0 amide bonds. The number of nitro benzene ring substituents is 1. The number of carboxylic acids is 1. The molecule has 0 saturated heterocycles. The zero-order valence-corrected chi connectivity index (χ0v) is 13.6. The van der Waals surface area contributed by atoms with Crippen molar-refractivity contribution >= 4 is 40.7 Å². The first kappa shape index (κ1) is 17.6. The van der Waals surface area contributed by atoms with E-state index in [0.29, 0.717) is 5.69 Å². The lowest BCUT2D eigenvalue weighted by Gasteiger charge is -2.30. The number of nitrogens with zero attached hydrogens (tertiary/aromatic N) is 2. The van der Waals surface area contributed by atoms with Gasteiger partial charge in [-0.1, -0.05) is 18.5 Å². The fraction of sp³-hybridized carbons (Fsp3) is 0.462. The van der Waals surface area contributed by atoms with Crippen molar-refractivity contribution in [2.75, 3.05) is 24.0 Å². The highest BCUT2D eigenvalue weighted by atomic mass is 35.5. The smallest absolute Gasteiger partial charge is 0.338 e. The maximum Gasteiger partial charge on any atom is 0.338 e. The van der Waals surface area contributed by atoms with Gasteiger partial charge in [-0.2, -0.15) is 11.8 Å². The van der Waals surface area contributed by atoms with Crippen molar-refractivity contribution in [3.8, 4) is 0 Å². The number of hydrogen-bond donors (Lipinski definition) is 1. The zero-order valence-electron chi connectivity index (χ0n) is 12.0. The summed E-state index contributed by atoms with van der Waals surface area (Å²) in [6.45, 7) is 2.00. The molecule has 0 bridgehead atoms. The molecule has 1 aromatic carbocycles. The Labute approximate surface area is 132 Å².